The van der Waals surface area contributed by atoms with Crippen molar-refractivity contribution in [1.82, 2.24) is 24.8 Å². The lowest BCUT2D eigenvalue weighted by Gasteiger charge is -2.31. The lowest BCUT2D eigenvalue weighted by molar-refractivity contribution is -0.134. The zero-order valence-electron chi connectivity index (χ0n) is 26.1. The maximum atomic E-state index is 13.9. The van der Waals surface area contributed by atoms with Crippen molar-refractivity contribution in [2.24, 2.45) is 0 Å². The summed E-state index contributed by atoms with van der Waals surface area (Å²) >= 11 is 0. The number of H-pyrrole nitrogens is 1. The molecular weight excluding hydrogens is 576 g/mol. The third-order valence-corrected chi connectivity index (χ3v) is 9.59. The number of hydrogen-bond donors (Lipinski definition) is 1. The molecule has 1 saturated carbocycles. The van der Waals surface area contributed by atoms with Crippen molar-refractivity contribution >= 4 is 28.5 Å². The van der Waals surface area contributed by atoms with Crippen LogP contribution in [0, 0.1) is 6.92 Å². The molecule has 3 aliphatic rings. The first-order valence-corrected chi connectivity index (χ1v) is 16.0. The number of amides is 2. The Balaban J connectivity index is 1.07. The Morgan fingerprint density at radius 3 is 2.59 bits per heavy atom. The summed E-state index contributed by atoms with van der Waals surface area (Å²) < 4.78 is 6.10. The Morgan fingerprint density at radius 2 is 1.78 bits per heavy atom. The molecule has 0 bridgehead atoms. The largest absolute Gasteiger partial charge is 0.491 e. The highest BCUT2D eigenvalue weighted by atomic mass is 16.5. The highest BCUT2D eigenvalue weighted by molar-refractivity contribution is 6.09. The average molecular weight is 613 g/mol. The standard InChI is InChI=1S/C37H36N6O3/c1-23-28(4-3-5-32(23)43-16-17-46-33-18-27(25-10-11-25)12-13-29(33)37(43)45)35-30-19-31(40-36(30)39-22-38-35)26-8-6-24(7-9-26)20-42-15-14-41(2)34(44)21-42/h3-9,12-13,18-19,22,25H,10-11,14-17,20-21H2,1-2H3,(H,38,39,40). The Bertz CT molecular complexity index is 1980. The molecule has 2 amide bonds. The molecular formula is C37H36N6O3. The van der Waals surface area contributed by atoms with Crippen molar-refractivity contribution < 1.29 is 14.3 Å². The van der Waals surface area contributed by atoms with Crippen molar-refractivity contribution in [1.29, 1.82) is 0 Å². The predicted octanol–water partition coefficient (Wildman–Crippen LogP) is 5.79. The molecule has 2 aliphatic heterocycles. The molecule has 4 heterocycles. The lowest BCUT2D eigenvalue weighted by atomic mass is 10.00. The van der Waals surface area contributed by atoms with Crippen LogP contribution in [0.15, 0.2) is 73.1 Å². The molecule has 3 aromatic carbocycles. The molecule has 0 radical (unpaired) electrons. The van der Waals surface area contributed by atoms with Gasteiger partial charge in [-0.2, -0.15) is 0 Å². The fourth-order valence-electron chi connectivity index (χ4n) is 6.70. The number of nitrogens with one attached hydrogen (secondary N) is 1. The summed E-state index contributed by atoms with van der Waals surface area (Å²) in [6, 6.07) is 22.7. The highest BCUT2D eigenvalue weighted by Gasteiger charge is 2.30. The fraction of sp³-hybridized carbons (Fsp3) is 0.297. The topological polar surface area (TPSA) is 94.7 Å². The van der Waals surface area contributed by atoms with E-state index in [4.69, 9.17) is 9.72 Å². The van der Waals surface area contributed by atoms with Crippen molar-refractivity contribution in [2.75, 3.05) is 44.7 Å². The monoisotopic (exact) mass is 612 g/mol. The summed E-state index contributed by atoms with van der Waals surface area (Å²) in [5, 5.41) is 0.918. The van der Waals surface area contributed by atoms with E-state index in [1.165, 1.54) is 24.0 Å². The van der Waals surface area contributed by atoms with E-state index in [9.17, 15) is 9.59 Å². The molecule has 1 N–H and O–H groups in total. The average Bonchev–Trinajstić information content (AvgIpc) is 3.85. The Kier molecular flexibility index (Phi) is 7.06. The zero-order valence-corrected chi connectivity index (χ0v) is 26.1. The quantitative estimate of drug-likeness (QED) is 0.261. The van der Waals surface area contributed by atoms with Crippen LogP contribution >= 0.6 is 0 Å². The first-order valence-electron chi connectivity index (χ1n) is 16.0. The van der Waals surface area contributed by atoms with Gasteiger partial charge in [-0.15, -0.1) is 0 Å². The number of likely N-dealkylation sites (N-methyl/N-ethyl adjacent to an activating group) is 1. The second-order valence-corrected chi connectivity index (χ2v) is 12.7. The number of anilines is 1. The van der Waals surface area contributed by atoms with Gasteiger partial charge < -0.3 is 19.5 Å². The summed E-state index contributed by atoms with van der Waals surface area (Å²) in [7, 11) is 1.86. The number of carbonyl (C=O) groups excluding carboxylic acids is 2. The van der Waals surface area contributed by atoms with Gasteiger partial charge in [-0.25, -0.2) is 9.97 Å². The van der Waals surface area contributed by atoms with Gasteiger partial charge in [0, 0.05) is 49.0 Å². The molecule has 0 atom stereocenters. The molecule has 1 saturated heterocycles. The molecule has 232 valence electrons. The van der Waals surface area contributed by atoms with E-state index in [1.54, 1.807) is 11.2 Å². The molecule has 9 heteroatoms. The molecule has 2 aromatic heterocycles. The first kappa shape index (κ1) is 28.5. The number of fused-ring (bicyclic) bond motifs is 2. The minimum absolute atomic E-state index is 0.0467. The number of aromatic nitrogens is 3. The lowest BCUT2D eigenvalue weighted by Crippen LogP contribution is -2.47. The minimum atomic E-state index is -0.0467. The van der Waals surface area contributed by atoms with Crippen LogP contribution in [0.25, 0.3) is 33.5 Å². The molecule has 1 aliphatic carbocycles. The number of aromatic amines is 1. The third kappa shape index (κ3) is 5.20. The molecule has 8 rings (SSSR count). The summed E-state index contributed by atoms with van der Waals surface area (Å²) in [6.45, 7) is 5.78. The Labute approximate surface area is 267 Å². The summed E-state index contributed by atoms with van der Waals surface area (Å²) in [5.74, 6) is 1.40. The van der Waals surface area contributed by atoms with Crippen molar-refractivity contribution in [3.05, 3.63) is 95.3 Å². The van der Waals surface area contributed by atoms with Gasteiger partial charge in [-0.05, 0) is 72.2 Å². The third-order valence-electron chi connectivity index (χ3n) is 9.59. The van der Waals surface area contributed by atoms with Gasteiger partial charge in [0.25, 0.3) is 5.91 Å². The smallest absolute Gasteiger partial charge is 0.262 e. The van der Waals surface area contributed by atoms with E-state index in [1.807, 2.05) is 30.1 Å². The summed E-state index contributed by atoms with van der Waals surface area (Å²) in [6.07, 6.45) is 4.00. The van der Waals surface area contributed by atoms with Crippen LogP contribution in [-0.2, 0) is 11.3 Å². The molecule has 0 spiro atoms. The van der Waals surface area contributed by atoms with Crippen LogP contribution in [0.3, 0.4) is 0 Å². The number of ether oxygens (including phenoxy) is 1. The van der Waals surface area contributed by atoms with Crippen molar-refractivity contribution in [3.63, 3.8) is 0 Å². The van der Waals surface area contributed by atoms with Gasteiger partial charge in [-0.3, -0.25) is 14.5 Å². The summed E-state index contributed by atoms with van der Waals surface area (Å²) in [4.78, 5) is 44.6. The van der Waals surface area contributed by atoms with Gasteiger partial charge in [0.15, 0.2) is 0 Å². The number of hydrogen-bond acceptors (Lipinski definition) is 6. The van der Waals surface area contributed by atoms with Crippen molar-refractivity contribution in [2.45, 2.75) is 32.2 Å². The number of carbonyl (C=O) groups is 2. The number of nitrogens with zero attached hydrogens (tertiary/aromatic N) is 5. The zero-order chi connectivity index (χ0) is 31.4. The van der Waals surface area contributed by atoms with Crippen LogP contribution in [0.4, 0.5) is 5.69 Å². The normalized spacial score (nSPS) is 17.3. The van der Waals surface area contributed by atoms with Crippen LogP contribution in [0.5, 0.6) is 5.75 Å². The van der Waals surface area contributed by atoms with E-state index in [-0.39, 0.29) is 11.8 Å². The van der Waals surface area contributed by atoms with E-state index in [2.05, 4.69) is 70.3 Å². The van der Waals surface area contributed by atoms with E-state index in [0.29, 0.717) is 36.9 Å². The van der Waals surface area contributed by atoms with Crippen molar-refractivity contribution in [3.8, 4) is 28.3 Å². The van der Waals surface area contributed by atoms with Crippen LogP contribution < -0.4 is 9.64 Å². The SMILES string of the molecule is Cc1c(-c2ncnc3[nH]c(-c4ccc(CN5CCN(C)C(=O)C5)cc4)cc23)cccc1N1CCOc2cc(C3CC3)ccc2C1=O. The van der Waals surface area contributed by atoms with Crippen LogP contribution in [0.2, 0.25) is 0 Å². The van der Waals surface area contributed by atoms with Gasteiger partial charge in [0.05, 0.1) is 24.3 Å². The number of rotatable bonds is 6. The van der Waals surface area contributed by atoms with Crippen LogP contribution in [0.1, 0.15) is 45.8 Å². The van der Waals surface area contributed by atoms with E-state index < -0.39 is 0 Å². The van der Waals surface area contributed by atoms with E-state index in [0.717, 1.165) is 64.4 Å². The van der Waals surface area contributed by atoms with Gasteiger partial charge >= 0.3 is 0 Å². The fourth-order valence-corrected chi connectivity index (χ4v) is 6.70. The number of piperazine rings is 1. The highest BCUT2D eigenvalue weighted by Crippen LogP contribution is 2.42. The molecule has 5 aromatic rings. The molecule has 2 fully saturated rings. The molecule has 46 heavy (non-hydrogen) atoms. The maximum Gasteiger partial charge on any atom is 0.262 e. The number of benzene rings is 3. The predicted molar refractivity (Wildman–Crippen MR) is 178 cm³/mol. The second-order valence-electron chi connectivity index (χ2n) is 12.7. The Hall–Kier alpha value is -5.02. The van der Waals surface area contributed by atoms with E-state index >= 15 is 0 Å². The van der Waals surface area contributed by atoms with Gasteiger partial charge in [0.1, 0.15) is 24.3 Å². The minimum Gasteiger partial charge on any atom is -0.491 e. The maximum absolute atomic E-state index is 13.9. The van der Waals surface area contributed by atoms with Gasteiger partial charge in [-0.1, -0.05) is 42.5 Å². The second kappa shape index (κ2) is 11.4. The van der Waals surface area contributed by atoms with Gasteiger partial charge in [0.2, 0.25) is 5.91 Å². The Morgan fingerprint density at radius 1 is 0.935 bits per heavy atom. The molecule has 0 unspecified atom stereocenters. The first-order chi connectivity index (χ1) is 22.4. The molecule has 9 nitrogen and oxygen atoms in total. The summed E-state index contributed by atoms with van der Waals surface area (Å²) in [5.41, 5.74) is 9.39. The van der Waals surface area contributed by atoms with Crippen LogP contribution in [-0.4, -0.2) is 76.4 Å².